The smallest absolute Gasteiger partial charge is 0.872 e. The van der Waals surface area contributed by atoms with Gasteiger partial charge in [-0.25, -0.2) is 4.79 Å². The van der Waals surface area contributed by atoms with Crippen LogP contribution in [0.2, 0.25) is 0 Å². The number of carboxylic acids is 1. The fourth-order valence-electron chi connectivity index (χ4n) is 0.643. The van der Waals surface area contributed by atoms with E-state index >= 15 is 0 Å². The van der Waals surface area contributed by atoms with Crippen LogP contribution in [0.25, 0.3) is 0 Å². The van der Waals surface area contributed by atoms with Gasteiger partial charge in [-0.3, -0.25) is 0 Å². The van der Waals surface area contributed by atoms with Crippen LogP contribution in [-0.2, 0) is 0 Å². The molecule has 0 aliphatic heterocycles. The molecule has 1 aromatic rings. The van der Waals surface area contributed by atoms with Crippen molar-refractivity contribution in [3.05, 3.63) is 29.8 Å². The number of carbonyl (C=O) groups is 1. The Balaban J connectivity index is -0.0000000667. The third kappa shape index (κ3) is 8.12. The maximum atomic E-state index is 10.7. The van der Waals surface area contributed by atoms with Crippen molar-refractivity contribution >= 4 is 29.0 Å². The average Bonchev–Trinajstić information content (AvgIpc) is 1.88. The van der Waals surface area contributed by atoms with E-state index in [1.165, 1.54) is 24.3 Å². The van der Waals surface area contributed by atoms with Gasteiger partial charge in [0.2, 0.25) is 0 Å². The molecule has 0 amide bonds. The normalized spacial score (nSPS) is 6.13. The number of aromatic carboxylic acids is 1. The van der Waals surface area contributed by atoms with Crippen molar-refractivity contribution in [1.82, 2.24) is 0 Å². The quantitative estimate of drug-likeness (QED) is 0.500. The van der Waals surface area contributed by atoms with Crippen LogP contribution in [0.5, 0.6) is 5.75 Å². The fraction of sp³-hybridized carbons (Fsp3) is 0. The third-order valence-corrected chi connectivity index (χ3v) is 1.12. The van der Waals surface area contributed by atoms with Crippen molar-refractivity contribution in [2.45, 2.75) is 0 Å². The molecule has 0 fully saturated rings. The Morgan fingerprint density at radius 2 is 1.47 bits per heavy atom. The van der Waals surface area contributed by atoms with Crippen molar-refractivity contribution in [2.24, 2.45) is 0 Å². The summed E-state index contributed by atoms with van der Waals surface area (Å²) in [5.74, 6) is -1.62. The maximum Gasteiger partial charge on any atom is 2.00 e. The van der Waals surface area contributed by atoms with E-state index < -0.39 is 11.7 Å². The Hall–Kier alpha value is -0.904. The van der Waals surface area contributed by atoms with E-state index in [1.54, 1.807) is 0 Å². The van der Waals surface area contributed by atoms with E-state index in [-0.39, 0.29) is 50.5 Å². The SMILES string of the molecule is O.O.O.O.O=C(O)c1ccccc1[O-].[Mg+2]. The Labute approximate surface area is 102 Å². The van der Waals surface area contributed by atoms with Gasteiger partial charge in [0, 0.05) is 0 Å². The average molecular weight is 233 g/mol. The van der Waals surface area contributed by atoms with Crippen LogP contribution in [0, 0.1) is 0 Å². The molecule has 84 valence electrons. The largest absolute Gasteiger partial charge is 2.00 e. The molecular formula is C7H13MgO7+. The molecule has 0 radical (unpaired) electrons. The number of hydrogen-bond donors (Lipinski definition) is 1. The minimum absolute atomic E-state index is 0. The van der Waals surface area contributed by atoms with Crippen molar-refractivity contribution in [1.29, 1.82) is 0 Å². The molecule has 0 saturated carbocycles. The molecule has 0 bridgehead atoms. The number of hydrogen-bond acceptors (Lipinski definition) is 2. The van der Waals surface area contributed by atoms with Gasteiger partial charge in [0.1, 0.15) is 0 Å². The van der Waals surface area contributed by atoms with Crippen molar-refractivity contribution in [3.8, 4) is 5.75 Å². The molecule has 15 heavy (non-hydrogen) atoms. The third-order valence-electron chi connectivity index (χ3n) is 1.12. The predicted octanol–water partition coefficient (Wildman–Crippen LogP) is -3.22. The van der Waals surface area contributed by atoms with Gasteiger partial charge in [-0.15, -0.1) is 0 Å². The first-order valence-corrected chi connectivity index (χ1v) is 2.71. The van der Waals surface area contributed by atoms with E-state index in [4.69, 9.17) is 5.11 Å². The Morgan fingerprint density at radius 3 is 1.73 bits per heavy atom. The Bertz CT molecular complexity index is 265. The predicted molar refractivity (Wildman–Crippen MR) is 53.1 cm³/mol. The van der Waals surface area contributed by atoms with Crippen molar-refractivity contribution in [3.63, 3.8) is 0 Å². The van der Waals surface area contributed by atoms with Crippen LogP contribution in [0.4, 0.5) is 0 Å². The van der Waals surface area contributed by atoms with Crippen molar-refractivity contribution < 1.29 is 36.9 Å². The molecule has 8 heteroatoms. The number of rotatable bonds is 1. The summed E-state index contributed by atoms with van der Waals surface area (Å²) in [5, 5.41) is 19.0. The van der Waals surface area contributed by atoms with Gasteiger partial charge >= 0.3 is 29.0 Å². The van der Waals surface area contributed by atoms with Crippen LogP contribution in [0.3, 0.4) is 0 Å². The van der Waals surface area contributed by atoms with Gasteiger partial charge in [0.15, 0.2) is 0 Å². The molecule has 0 atom stereocenters. The van der Waals surface area contributed by atoms with Crippen molar-refractivity contribution in [2.75, 3.05) is 0 Å². The van der Waals surface area contributed by atoms with E-state index in [2.05, 4.69) is 0 Å². The number of carboxylic acid groups (broad SMARTS) is 1. The first kappa shape index (κ1) is 29.2. The van der Waals surface area contributed by atoms with Gasteiger partial charge < -0.3 is 32.1 Å². The summed E-state index contributed by atoms with van der Waals surface area (Å²) in [6.07, 6.45) is 0. The topological polar surface area (TPSA) is 186 Å². The first-order chi connectivity index (χ1) is 4.72. The molecule has 0 saturated heterocycles. The second kappa shape index (κ2) is 13.1. The summed E-state index contributed by atoms with van der Waals surface area (Å²) in [6, 6.07) is 5.54. The van der Waals surface area contributed by atoms with E-state index in [9.17, 15) is 9.90 Å². The summed E-state index contributed by atoms with van der Waals surface area (Å²) < 4.78 is 0. The van der Waals surface area contributed by atoms with Gasteiger partial charge in [-0.1, -0.05) is 23.9 Å². The Morgan fingerprint density at radius 1 is 1.07 bits per heavy atom. The summed E-state index contributed by atoms with van der Waals surface area (Å²) in [4.78, 5) is 10.2. The van der Waals surface area contributed by atoms with E-state index in [1.807, 2.05) is 0 Å². The second-order valence-electron chi connectivity index (χ2n) is 1.80. The summed E-state index contributed by atoms with van der Waals surface area (Å²) >= 11 is 0. The second-order valence-corrected chi connectivity index (χ2v) is 1.80. The van der Waals surface area contributed by atoms with Gasteiger partial charge in [0.25, 0.3) is 0 Å². The van der Waals surface area contributed by atoms with Crippen LogP contribution in [-0.4, -0.2) is 56.0 Å². The monoisotopic (exact) mass is 233 g/mol. The van der Waals surface area contributed by atoms with Crippen LogP contribution >= 0.6 is 0 Å². The zero-order valence-electron chi connectivity index (χ0n) is 7.78. The Kier molecular flexibility index (Phi) is 25.5. The fourth-order valence-corrected chi connectivity index (χ4v) is 0.643. The number of benzene rings is 1. The van der Waals surface area contributed by atoms with Crippen LogP contribution < -0.4 is 5.11 Å². The summed E-state index contributed by atoms with van der Waals surface area (Å²) in [6.45, 7) is 0. The summed E-state index contributed by atoms with van der Waals surface area (Å²) in [7, 11) is 0. The van der Waals surface area contributed by atoms with Crippen LogP contribution in [0.15, 0.2) is 24.3 Å². The molecule has 1 rings (SSSR count). The minimum atomic E-state index is -1.18. The standard InChI is InChI=1S/C7H6O3.Mg.4H2O/c8-6-4-2-1-3-5(6)7(9)10;;;;;/h1-4,8H,(H,9,10);;4*1H2/q;+2;;;;/p-1. The minimum Gasteiger partial charge on any atom is -0.872 e. The molecule has 7 nitrogen and oxygen atoms in total. The first-order valence-electron chi connectivity index (χ1n) is 2.71. The zero-order valence-corrected chi connectivity index (χ0v) is 9.19. The molecule has 1 aromatic carbocycles. The molecule has 0 unspecified atom stereocenters. The van der Waals surface area contributed by atoms with E-state index in [0.717, 1.165) is 0 Å². The molecular weight excluding hydrogens is 220 g/mol. The van der Waals surface area contributed by atoms with Gasteiger partial charge in [0.05, 0.1) is 5.56 Å². The van der Waals surface area contributed by atoms with Gasteiger partial charge in [-0.05, 0) is 6.07 Å². The molecule has 0 spiro atoms. The molecule has 0 aliphatic carbocycles. The molecule has 0 aromatic heterocycles. The van der Waals surface area contributed by atoms with Crippen LogP contribution in [0.1, 0.15) is 10.4 Å². The van der Waals surface area contributed by atoms with Gasteiger partial charge in [-0.2, -0.15) is 0 Å². The zero-order chi connectivity index (χ0) is 7.56. The van der Waals surface area contributed by atoms with E-state index in [0.29, 0.717) is 0 Å². The molecule has 0 aliphatic rings. The summed E-state index contributed by atoms with van der Waals surface area (Å²) in [5.41, 5.74) is -0.178. The number of para-hydroxylation sites is 1. The molecule has 9 N–H and O–H groups in total. The maximum absolute atomic E-state index is 10.7. The molecule has 0 heterocycles.